The molecule has 1 aromatic heterocycles. The third kappa shape index (κ3) is 4.44. The van der Waals surface area contributed by atoms with Crippen LogP contribution in [0.2, 0.25) is 5.02 Å². The predicted molar refractivity (Wildman–Crippen MR) is 81.4 cm³/mol. The monoisotopic (exact) mass is 324 g/mol. The van der Waals surface area contributed by atoms with Crippen LogP contribution in [0.25, 0.3) is 11.4 Å². The number of hydrogen-bond acceptors (Lipinski definition) is 5. The molecule has 0 bridgehead atoms. The summed E-state index contributed by atoms with van der Waals surface area (Å²) >= 11 is 5.83. The highest BCUT2D eigenvalue weighted by Gasteiger charge is 2.17. The van der Waals surface area contributed by atoms with Crippen molar-refractivity contribution in [1.29, 1.82) is 0 Å². The Morgan fingerprint density at radius 2 is 2.14 bits per heavy atom. The molecule has 0 aliphatic carbocycles. The molecule has 1 atom stereocenters. The molecule has 118 valence electrons. The number of hydrogen-bond donors (Lipinski definition) is 3. The average Bonchev–Trinajstić information content (AvgIpc) is 2.98. The van der Waals surface area contributed by atoms with Crippen molar-refractivity contribution in [2.24, 2.45) is 0 Å². The van der Waals surface area contributed by atoms with E-state index in [1.807, 2.05) is 0 Å². The van der Waals surface area contributed by atoms with Gasteiger partial charge in [-0.2, -0.15) is 4.98 Å². The number of nitrogens with one attached hydrogen (secondary N) is 2. The molecule has 8 heteroatoms. The minimum absolute atomic E-state index is 0.0317. The van der Waals surface area contributed by atoms with Gasteiger partial charge in [0.1, 0.15) is 6.04 Å². The van der Waals surface area contributed by atoms with Gasteiger partial charge < -0.3 is 20.3 Å². The Morgan fingerprint density at radius 3 is 2.82 bits per heavy atom. The molecule has 1 aromatic carbocycles. The van der Waals surface area contributed by atoms with E-state index in [2.05, 4.69) is 20.8 Å². The lowest BCUT2D eigenvalue weighted by molar-refractivity contribution is 0.231. The van der Waals surface area contributed by atoms with E-state index in [9.17, 15) is 4.79 Å². The maximum Gasteiger partial charge on any atom is 0.315 e. The van der Waals surface area contributed by atoms with Gasteiger partial charge in [0.25, 0.3) is 0 Å². The number of halogens is 1. The molecular formula is C14H17ClN4O3. The van der Waals surface area contributed by atoms with E-state index < -0.39 is 6.04 Å². The van der Waals surface area contributed by atoms with Crippen molar-refractivity contribution >= 4 is 17.6 Å². The summed E-state index contributed by atoms with van der Waals surface area (Å²) in [4.78, 5) is 15.9. The molecule has 2 aromatic rings. The van der Waals surface area contributed by atoms with Crippen LogP contribution in [0.15, 0.2) is 28.8 Å². The fourth-order valence-corrected chi connectivity index (χ4v) is 1.84. The van der Waals surface area contributed by atoms with E-state index in [1.165, 1.54) is 0 Å². The van der Waals surface area contributed by atoms with Gasteiger partial charge in [0.15, 0.2) is 0 Å². The second-order valence-electron chi connectivity index (χ2n) is 4.66. The minimum atomic E-state index is -0.428. The van der Waals surface area contributed by atoms with E-state index in [0.29, 0.717) is 29.7 Å². The van der Waals surface area contributed by atoms with Crippen LogP contribution in [0, 0.1) is 0 Å². The molecule has 0 saturated carbocycles. The molecule has 2 amide bonds. The van der Waals surface area contributed by atoms with Crippen LogP contribution < -0.4 is 10.6 Å². The molecule has 0 aliphatic rings. The van der Waals surface area contributed by atoms with Gasteiger partial charge in [0.05, 0.1) is 0 Å². The van der Waals surface area contributed by atoms with E-state index >= 15 is 0 Å². The normalized spacial score (nSPS) is 12.0. The molecule has 0 spiro atoms. The lowest BCUT2D eigenvalue weighted by atomic mass is 10.2. The van der Waals surface area contributed by atoms with E-state index in [1.54, 1.807) is 31.2 Å². The fourth-order valence-electron chi connectivity index (χ4n) is 1.72. The van der Waals surface area contributed by atoms with Gasteiger partial charge in [-0.15, -0.1) is 0 Å². The van der Waals surface area contributed by atoms with Crippen LogP contribution in [0.5, 0.6) is 0 Å². The number of nitrogens with zero attached hydrogens (tertiary/aromatic N) is 2. The lowest BCUT2D eigenvalue weighted by Crippen LogP contribution is -2.37. The first-order valence-electron chi connectivity index (χ1n) is 6.85. The zero-order chi connectivity index (χ0) is 15.9. The summed E-state index contributed by atoms with van der Waals surface area (Å²) in [5.41, 5.74) is 0.777. The summed E-state index contributed by atoms with van der Waals surface area (Å²) in [6.45, 7) is 2.17. The second-order valence-corrected chi connectivity index (χ2v) is 5.10. The number of urea groups is 1. The summed E-state index contributed by atoms with van der Waals surface area (Å²) in [5, 5.41) is 18.5. The topological polar surface area (TPSA) is 100 Å². The van der Waals surface area contributed by atoms with E-state index in [0.717, 1.165) is 5.56 Å². The highest BCUT2D eigenvalue weighted by atomic mass is 35.5. The summed E-state index contributed by atoms with van der Waals surface area (Å²) in [6, 6.07) is 6.27. The van der Waals surface area contributed by atoms with Crippen molar-refractivity contribution in [3.8, 4) is 11.4 Å². The van der Waals surface area contributed by atoms with E-state index in [4.69, 9.17) is 21.2 Å². The van der Waals surface area contributed by atoms with Gasteiger partial charge in [-0.3, -0.25) is 0 Å². The van der Waals surface area contributed by atoms with Gasteiger partial charge in [-0.05, 0) is 37.6 Å². The molecule has 0 aliphatic heterocycles. The molecule has 22 heavy (non-hydrogen) atoms. The van der Waals surface area contributed by atoms with Gasteiger partial charge in [-0.1, -0.05) is 16.8 Å². The summed E-state index contributed by atoms with van der Waals surface area (Å²) in [7, 11) is 0. The minimum Gasteiger partial charge on any atom is -0.396 e. The molecular weight excluding hydrogens is 308 g/mol. The van der Waals surface area contributed by atoms with Crippen molar-refractivity contribution in [3.63, 3.8) is 0 Å². The highest BCUT2D eigenvalue weighted by molar-refractivity contribution is 6.30. The third-order valence-electron chi connectivity index (χ3n) is 2.88. The van der Waals surface area contributed by atoms with Crippen molar-refractivity contribution in [2.45, 2.75) is 19.4 Å². The maximum atomic E-state index is 11.6. The first-order chi connectivity index (χ1) is 10.6. The number of carbonyl (C=O) groups excluding carboxylic acids is 1. The van der Waals surface area contributed by atoms with Crippen LogP contribution in [0.3, 0.4) is 0 Å². The van der Waals surface area contributed by atoms with Crippen LogP contribution in [0.4, 0.5) is 4.79 Å². The van der Waals surface area contributed by atoms with Crippen molar-refractivity contribution in [2.75, 3.05) is 13.2 Å². The molecule has 0 saturated heterocycles. The van der Waals surface area contributed by atoms with Crippen LogP contribution in [-0.4, -0.2) is 34.4 Å². The van der Waals surface area contributed by atoms with Gasteiger partial charge in [0.2, 0.25) is 11.7 Å². The van der Waals surface area contributed by atoms with Crippen LogP contribution >= 0.6 is 11.6 Å². The van der Waals surface area contributed by atoms with E-state index in [-0.39, 0.29) is 12.6 Å². The average molecular weight is 325 g/mol. The van der Waals surface area contributed by atoms with Gasteiger partial charge in [-0.25, -0.2) is 4.79 Å². The van der Waals surface area contributed by atoms with Crippen molar-refractivity contribution in [3.05, 3.63) is 35.2 Å². The van der Waals surface area contributed by atoms with Gasteiger partial charge in [0, 0.05) is 23.7 Å². The molecule has 1 heterocycles. The first kappa shape index (κ1) is 16.3. The second kappa shape index (κ2) is 7.77. The number of carbonyl (C=O) groups is 1. The fraction of sp³-hybridized carbons (Fsp3) is 0.357. The maximum absolute atomic E-state index is 11.6. The molecule has 0 radical (unpaired) electrons. The zero-order valence-corrected chi connectivity index (χ0v) is 12.8. The van der Waals surface area contributed by atoms with Gasteiger partial charge >= 0.3 is 6.03 Å². The number of amides is 2. The molecule has 3 N–H and O–H groups in total. The Hall–Kier alpha value is -2.12. The number of rotatable bonds is 6. The first-order valence-corrected chi connectivity index (χ1v) is 7.22. The predicted octanol–water partition coefficient (Wildman–Crippen LogP) is 2.13. The molecule has 2 rings (SSSR count). The zero-order valence-electron chi connectivity index (χ0n) is 12.0. The summed E-state index contributed by atoms with van der Waals surface area (Å²) in [6.07, 6.45) is 0.503. The largest absolute Gasteiger partial charge is 0.396 e. The molecule has 1 unspecified atom stereocenters. The van der Waals surface area contributed by atoms with Crippen LogP contribution in [0.1, 0.15) is 25.3 Å². The standard InChI is InChI=1S/C14H17ClN4O3/c1-9(17-14(21)16-7-2-8-20)13-18-12(19-22-13)10-3-5-11(15)6-4-10/h3-6,9,20H,2,7-8H2,1H3,(H2,16,17,21). The molecule has 7 nitrogen and oxygen atoms in total. The van der Waals surface area contributed by atoms with Crippen molar-refractivity contribution < 1.29 is 14.4 Å². The van der Waals surface area contributed by atoms with Crippen molar-refractivity contribution in [1.82, 2.24) is 20.8 Å². The number of aliphatic hydroxyl groups is 1. The Bertz CT molecular complexity index is 615. The number of aliphatic hydroxyl groups excluding tert-OH is 1. The van der Waals surface area contributed by atoms with Crippen LogP contribution in [-0.2, 0) is 0 Å². The Balaban J connectivity index is 1.95. The number of benzene rings is 1. The quantitative estimate of drug-likeness (QED) is 0.707. The third-order valence-corrected chi connectivity index (χ3v) is 3.13. The SMILES string of the molecule is CC(NC(=O)NCCCO)c1nc(-c2ccc(Cl)cc2)no1. The summed E-state index contributed by atoms with van der Waals surface area (Å²) < 4.78 is 5.16. The Kier molecular flexibility index (Phi) is 5.74. The smallest absolute Gasteiger partial charge is 0.315 e. The number of aromatic nitrogens is 2. The molecule has 0 fully saturated rings. The Morgan fingerprint density at radius 1 is 1.41 bits per heavy atom. The lowest BCUT2D eigenvalue weighted by Gasteiger charge is -2.10. The Labute approximate surface area is 132 Å². The highest BCUT2D eigenvalue weighted by Crippen LogP contribution is 2.20. The summed E-state index contributed by atoms with van der Waals surface area (Å²) in [5.74, 6) is 0.739.